The molecule has 0 saturated heterocycles. The fourth-order valence-corrected chi connectivity index (χ4v) is 3.46. The molecule has 4 nitrogen and oxygen atoms in total. The lowest BCUT2D eigenvalue weighted by Gasteiger charge is -2.23. The van der Waals surface area contributed by atoms with E-state index in [1.54, 1.807) is 6.07 Å². The molecule has 3 aromatic rings. The Hall–Kier alpha value is -2.33. The van der Waals surface area contributed by atoms with E-state index in [1.807, 2.05) is 37.3 Å². The Morgan fingerprint density at radius 3 is 2.96 bits per heavy atom. The van der Waals surface area contributed by atoms with Crippen molar-refractivity contribution in [2.45, 2.75) is 26.3 Å². The number of nitrogens with one attached hydrogen (secondary N) is 1. The molecule has 0 saturated carbocycles. The van der Waals surface area contributed by atoms with E-state index in [1.165, 1.54) is 0 Å². The third-order valence-corrected chi connectivity index (χ3v) is 5.08. The van der Waals surface area contributed by atoms with Crippen LogP contribution in [0.15, 0.2) is 42.5 Å². The molecule has 0 bridgehead atoms. The van der Waals surface area contributed by atoms with Gasteiger partial charge in [0.25, 0.3) is 0 Å². The first kappa shape index (κ1) is 15.2. The van der Waals surface area contributed by atoms with Crippen LogP contribution in [0.4, 0.5) is 5.69 Å². The average molecular weight is 340 g/mol. The predicted octanol–water partition coefficient (Wildman–Crippen LogP) is 4.20. The Bertz CT molecular complexity index is 932. The van der Waals surface area contributed by atoms with Crippen molar-refractivity contribution >= 4 is 34.2 Å². The van der Waals surface area contributed by atoms with E-state index in [-0.39, 0.29) is 11.8 Å². The smallest absolute Gasteiger partial charge is 0.228 e. The van der Waals surface area contributed by atoms with Gasteiger partial charge in [-0.2, -0.15) is 0 Å². The van der Waals surface area contributed by atoms with Crippen LogP contribution in [0.1, 0.15) is 17.8 Å². The Morgan fingerprint density at radius 1 is 1.29 bits per heavy atom. The lowest BCUT2D eigenvalue weighted by molar-refractivity contribution is -0.120. The normalized spacial score (nSPS) is 16.8. The molecule has 0 spiro atoms. The Kier molecular flexibility index (Phi) is 3.77. The van der Waals surface area contributed by atoms with Crippen molar-refractivity contribution in [2.24, 2.45) is 5.92 Å². The highest BCUT2D eigenvalue weighted by molar-refractivity contribution is 6.31. The summed E-state index contributed by atoms with van der Waals surface area (Å²) in [6, 6.07) is 13.7. The number of fused-ring (bicyclic) bond motifs is 3. The Morgan fingerprint density at radius 2 is 2.12 bits per heavy atom. The van der Waals surface area contributed by atoms with Crippen LogP contribution in [-0.2, 0) is 17.8 Å². The lowest BCUT2D eigenvalue weighted by atomic mass is 9.96. The van der Waals surface area contributed by atoms with Crippen LogP contribution in [0.5, 0.6) is 0 Å². The van der Waals surface area contributed by atoms with E-state index in [0.29, 0.717) is 11.4 Å². The molecule has 4 rings (SSSR count). The van der Waals surface area contributed by atoms with Crippen LogP contribution in [0.25, 0.3) is 11.0 Å². The maximum Gasteiger partial charge on any atom is 0.228 e. The number of imidazole rings is 1. The Balaban J connectivity index is 1.53. The third-order valence-electron chi connectivity index (χ3n) is 4.67. The van der Waals surface area contributed by atoms with Gasteiger partial charge in [0.2, 0.25) is 5.91 Å². The molecule has 1 N–H and O–H groups in total. The molecule has 2 heterocycles. The molecule has 1 aromatic heterocycles. The van der Waals surface area contributed by atoms with Gasteiger partial charge in [0.15, 0.2) is 0 Å². The molecular formula is C19H18ClN3O. The van der Waals surface area contributed by atoms with Crippen molar-refractivity contribution in [2.75, 3.05) is 5.32 Å². The van der Waals surface area contributed by atoms with Gasteiger partial charge < -0.3 is 9.88 Å². The SMILES string of the molecule is Cc1ccc(NC(=O)C2CCn3c(nc4ccccc43)C2)cc1Cl. The number of halogens is 1. The molecule has 2 aromatic carbocycles. The summed E-state index contributed by atoms with van der Waals surface area (Å²) in [4.78, 5) is 17.3. The summed E-state index contributed by atoms with van der Waals surface area (Å²) in [5.41, 5.74) is 3.89. The second-order valence-electron chi connectivity index (χ2n) is 6.31. The molecule has 1 aliphatic rings. The minimum absolute atomic E-state index is 0.0354. The molecule has 0 fully saturated rings. The number of carbonyl (C=O) groups is 1. The van der Waals surface area contributed by atoms with Gasteiger partial charge in [-0.25, -0.2) is 4.98 Å². The molecule has 1 aliphatic heterocycles. The molecule has 122 valence electrons. The number of nitrogens with zero attached hydrogens (tertiary/aromatic N) is 2. The number of amides is 1. The number of anilines is 1. The van der Waals surface area contributed by atoms with Crippen LogP contribution < -0.4 is 5.32 Å². The maximum absolute atomic E-state index is 12.6. The molecule has 0 radical (unpaired) electrons. The number of hydrogen-bond donors (Lipinski definition) is 1. The van der Waals surface area contributed by atoms with Crippen LogP contribution in [0.3, 0.4) is 0 Å². The third kappa shape index (κ3) is 2.67. The molecule has 1 unspecified atom stereocenters. The van der Waals surface area contributed by atoms with Crippen LogP contribution in [0, 0.1) is 12.8 Å². The molecule has 1 atom stereocenters. The number of aryl methyl sites for hydroxylation is 2. The van der Waals surface area contributed by atoms with Gasteiger partial charge >= 0.3 is 0 Å². The summed E-state index contributed by atoms with van der Waals surface area (Å²) in [7, 11) is 0. The molecule has 24 heavy (non-hydrogen) atoms. The van der Waals surface area contributed by atoms with Gasteiger partial charge in [-0.1, -0.05) is 29.8 Å². The van der Waals surface area contributed by atoms with Crippen molar-refractivity contribution in [1.29, 1.82) is 0 Å². The second-order valence-corrected chi connectivity index (χ2v) is 6.72. The van der Waals surface area contributed by atoms with Gasteiger partial charge in [-0.3, -0.25) is 4.79 Å². The fourth-order valence-electron chi connectivity index (χ4n) is 3.28. The minimum atomic E-state index is -0.0607. The van der Waals surface area contributed by atoms with Gasteiger partial charge in [0.05, 0.1) is 11.0 Å². The second kappa shape index (κ2) is 5.95. The van der Waals surface area contributed by atoms with Gasteiger partial charge in [0.1, 0.15) is 5.82 Å². The van der Waals surface area contributed by atoms with E-state index in [4.69, 9.17) is 11.6 Å². The van der Waals surface area contributed by atoms with Crippen molar-refractivity contribution < 1.29 is 4.79 Å². The summed E-state index contributed by atoms with van der Waals surface area (Å²) in [5, 5.41) is 3.65. The number of aromatic nitrogens is 2. The molecule has 5 heteroatoms. The number of rotatable bonds is 2. The predicted molar refractivity (Wildman–Crippen MR) is 96.4 cm³/mol. The highest BCUT2D eigenvalue weighted by Gasteiger charge is 2.27. The first-order chi connectivity index (χ1) is 11.6. The lowest BCUT2D eigenvalue weighted by Crippen LogP contribution is -2.30. The van der Waals surface area contributed by atoms with Crippen molar-refractivity contribution in [1.82, 2.24) is 9.55 Å². The topological polar surface area (TPSA) is 46.9 Å². The summed E-state index contributed by atoms with van der Waals surface area (Å²) < 4.78 is 2.22. The number of carbonyl (C=O) groups excluding carboxylic acids is 1. The number of benzene rings is 2. The summed E-state index contributed by atoms with van der Waals surface area (Å²) in [6.45, 7) is 2.77. The van der Waals surface area contributed by atoms with E-state index in [2.05, 4.69) is 20.9 Å². The van der Waals surface area contributed by atoms with Gasteiger partial charge in [0, 0.05) is 29.6 Å². The van der Waals surface area contributed by atoms with E-state index >= 15 is 0 Å². The van der Waals surface area contributed by atoms with Crippen LogP contribution >= 0.6 is 11.6 Å². The zero-order valence-electron chi connectivity index (χ0n) is 13.4. The zero-order chi connectivity index (χ0) is 16.7. The number of hydrogen-bond acceptors (Lipinski definition) is 2. The van der Waals surface area contributed by atoms with Gasteiger partial charge in [-0.05, 0) is 43.2 Å². The first-order valence-corrected chi connectivity index (χ1v) is 8.51. The number of para-hydroxylation sites is 2. The first-order valence-electron chi connectivity index (χ1n) is 8.13. The highest BCUT2D eigenvalue weighted by atomic mass is 35.5. The summed E-state index contributed by atoms with van der Waals surface area (Å²) in [6.07, 6.45) is 1.49. The molecule has 0 aliphatic carbocycles. The monoisotopic (exact) mass is 339 g/mol. The average Bonchev–Trinajstić information content (AvgIpc) is 2.96. The largest absolute Gasteiger partial charge is 0.328 e. The van der Waals surface area contributed by atoms with E-state index in [9.17, 15) is 4.79 Å². The Labute approximate surface area is 145 Å². The van der Waals surface area contributed by atoms with E-state index < -0.39 is 0 Å². The van der Waals surface area contributed by atoms with Crippen molar-refractivity contribution in [3.63, 3.8) is 0 Å². The highest BCUT2D eigenvalue weighted by Crippen LogP contribution is 2.27. The molecular weight excluding hydrogens is 322 g/mol. The molecule has 1 amide bonds. The summed E-state index contributed by atoms with van der Waals surface area (Å²) in [5.74, 6) is 0.965. The van der Waals surface area contributed by atoms with Crippen molar-refractivity contribution in [3.8, 4) is 0 Å². The van der Waals surface area contributed by atoms with Crippen LogP contribution in [-0.4, -0.2) is 15.5 Å². The maximum atomic E-state index is 12.6. The van der Waals surface area contributed by atoms with E-state index in [0.717, 1.165) is 41.1 Å². The standard InChI is InChI=1S/C19H18ClN3O/c1-12-6-7-14(11-15(12)20)21-19(24)13-8-9-23-17-5-3-2-4-16(17)22-18(23)10-13/h2-7,11,13H,8-10H2,1H3,(H,21,24). The minimum Gasteiger partial charge on any atom is -0.328 e. The fraction of sp³-hybridized carbons (Fsp3) is 0.263. The van der Waals surface area contributed by atoms with Gasteiger partial charge in [-0.15, -0.1) is 0 Å². The quantitative estimate of drug-likeness (QED) is 0.760. The summed E-state index contributed by atoms with van der Waals surface area (Å²) >= 11 is 6.13. The van der Waals surface area contributed by atoms with Crippen LogP contribution in [0.2, 0.25) is 5.02 Å². The zero-order valence-corrected chi connectivity index (χ0v) is 14.2. The van der Waals surface area contributed by atoms with Crippen molar-refractivity contribution in [3.05, 3.63) is 58.9 Å².